The second-order valence-corrected chi connectivity index (χ2v) is 8.00. The van der Waals surface area contributed by atoms with Gasteiger partial charge in [-0.05, 0) is 25.8 Å². The SMILES string of the molecule is CCC1=C2CN(Cc3cc(C)on3)CCN2C(C(C)(C)C)=N[C@H]1C. The lowest BCUT2D eigenvalue weighted by Gasteiger charge is -2.46. The Labute approximate surface area is 145 Å². The summed E-state index contributed by atoms with van der Waals surface area (Å²) in [5, 5.41) is 4.15. The molecule has 132 valence electrons. The van der Waals surface area contributed by atoms with Crippen LogP contribution in [-0.2, 0) is 6.54 Å². The molecule has 0 unspecified atom stereocenters. The summed E-state index contributed by atoms with van der Waals surface area (Å²) in [5.74, 6) is 2.12. The van der Waals surface area contributed by atoms with Crippen LogP contribution in [0, 0.1) is 12.3 Å². The summed E-state index contributed by atoms with van der Waals surface area (Å²) in [6, 6.07) is 2.32. The average molecular weight is 330 g/mol. The summed E-state index contributed by atoms with van der Waals surface area (Å²) >= 11 is 0. The topological polar surface area (TPSA) is 44.9 Å². The molecule has 1 saturated heterocycles. The van der Waals surface area contributed by atoms with Crippen LogP contribution >= 0.6 is 0 Å². The Morgan fingerprint density at radius 1 is 1.29 bits per heavy atom. The Morgan fingerprint density at radius 2 is 2.04 bits per heavy atom. The smallest absolute Gasteiger partial charge is 0.133 e. The zero-order valence-electron chi connectivity index (χ0n) is 15.9. The third-order valence-electron chi connectivity index (χ3n) is 4.90. The van der Waals surface area contributed by atoms with E-state index in [0.29, 0.717) is 0 Å². The molecule has 0 spiro atoms. The molecule has 5 nitrogen and oxygen atoms in total. The van der Waals surface area contributed by atoms with Crippen molar-refractivity contribution in [3.05, 3.63) is 28.8 Å². The largest absolute Gasteiger partial charge is 0.361 e. The Bertz CT molecular complexity index is 665. The fourth-order valence-corrected chi connectivity index (χ4v) is 3.79. The monoisotopic (exact) mass is 330 g/mol. The van der Waals surface area contributed by atoms with Gasteiger partial charge in [0, 0.05) is 43.4 Å². The predicted octanol–water partition coefficient (Wildman–Crippen LogP) is 3.61. The van der Waals surface area contributed by atoms with Crippen molar-refractivity contribution in [1.29, 1.82) is 0 Å². The Morgan fingerprint density at radius 3 is 2.62 bits per heavy atom. The van der Waals surface area contributed by atoms with Crippen LogP contribution in [-0.4, -0.2) is 46.5 Å². The van der Waals surface area contributed by atoms with E-state index >= 15 is 0 Å². The van der Waals surface area contributed by atoms with Crippen LogP contribution in [0.4, 0.5) is 0 Å². The summed E-state index contributed by atoms with van der Waals surface area (Å²) in [6.07, 6.45) is 1.06. The summed E-state index contributed by atoms with van der Waals surface area (Å²) in [5.41, 5.74) is 4.03. The first-order chi connectivity index (χ1) is 11.3. The van der Waals surface area contributed by atoms with Gasteiger partial charge >= 0.3 is 0 Å². The van der Waals surface area contributed by atoms with Crippen molar-refractivity contribution in [2.45, 2.75) is 60.5 Å². The van der Waals surface area contributed by atoms with Crippen molar-refractivity contribution in [1.82, 2.24) is 15.0 Å². The number of rotatable bonds is 3. The van der Waals surface area contributed by atoms with Crippen LogP contribution < -0.4 is 0 Å². The van der Waals surface area contributed by atoms with Gasteiger partial charge in [0.25, 0.3) is 0 Å². The van der Waals surface area contributed by atoms with Crippen molar-refractivity contribution in [3.63, 3.8) is 0 Å². The van der Waals surface area contributed by atoms with Crippen molar-refractivity contribution in [3.8, 4) is 0 Å². The van der Waals surface area contributed by atoms with Gasteiger partial charge in [-0.1, -0.05) is 32.9 Å². The average Bonchev–Trinajstić information content (AvgIpc) is 2.90. The van der Waals surface area contributed by atoms with Crippen molar-refractivity contribution < 1.29 is 4.52 Å². The highest BCUT2D eigenvalue weighted by molar-refractivity contribution is 5.90. The highest BCUT2D eigenvalue weighted by Crippen LogP contribution is 2.33. The van der Waals surface area contributed by atoms with Crippen molar-refractivity contribution in [2.75, 3.05) is 19.6 Å². The van der Waals surface area contributed by atoms with Gasteiger partial charge in [0.2, 0.25) is 0 Å². The van der Waals surface area contributed by atoms with E-state index in [9.17, 15) is 0 Å². The maximum absolute atomic E-state index is 5.22. The van der Waals surface area contributed by atoms with Crippen molar-refractivity contribution in [2.24, 2.45) is 10.4 Å². The molecule has 0 bridgehead atoms. The molecular formula is C19H30N4O. The van der Waals surface area contributed by atoms with E-state index in [1.165, 1.54) is 17.1 Å². The van der Waals surface area contributed by atoms with Gasteiger partial charge in [-0.2, -0.15) is 0 Å². The Kier molecular flexibility index (Phi) is 4.56. The lowest BCUT2D eigenvalue weighted by molar-refractivity contribution is 0.195. The van der Waals surface area contributed by atoms with Gasteiger partial charge in [-0.25, -0.2) is 0 Å². The van der Waals surface area contributed by atoms with Crippen LogP contribution in [0.2, 0.25) is 0 Å². The zero-order chi connectivity index (χ0) is 17.5. The molecule has 2 aliphatic rings. The summed E-state index contributed by atoms with van der Waals surface area (Å²) in [7, 11) is 0. The van der Waals surface area contributed by atoms with E-state index < -0.39 is 0 Å². The van der Waals surface area contributed by atoms with Gasteiger partial charge in [0.15, 0.2) is 0 Å². The van der Waals surface area contributed by atoms with E-state index in [1.54, 1.807) is 0 Å². The summed E-state index contributed by atoms with van der Waals surface area (Å²) in [4.78, 5) is 9.99. The maximum Gasteiger partial charge on any atom is 0.133 e. The van der Waals surface area contributed by atoms with E-state index in [2.05, 4.69) is 49.6 Å². The van der Waals surface area contributed by atoms with Gasteiger partial charge in [-0.3, -0.25) is 9.89 Å². The fraction of sp³-hybridized carbons (Fsp3) is 0.684. The lowest BCUT2D eigenvalue weighted by atomic mass is 9.89. The molecule has 5 heteroatoms. The first-order valence-electron chi connectivity index (χ1n) is 9.02. The number of aliphatic imine (C=N–C) groups is 1. The Balaban J connectivity index is 1.84. The molecule has 1 aromatic rings. The fourth-order valence-electron chi connectivity index (χ4n) is 3.79. The molecule has 1 atom stereocenters. The minimum Gasteiger partial charge on any atom is -0.361 e. The molecule has 0 amide bonds. The number of nitrogens with zero attached hydrogens (tertiary/aromatic N) is 4. The number of piperazine rings is 1. The quantitative estimate of drug-likeness (QED) is 0.849. The van der Waals surface area contributed by atoms with E-state index in [0.717, 1.165) is 44.1 Å². The molecule has 1 fully saturated rings. The number of aryl methyl sites for hydroxylation is 1. The van der Waals surface area contributed by atoms with Crippen LogP contribution in [0.1, 0.15) is 52.5 Å². The Hall–Kier alpha value is -1.62. The highest BCUT2D eigenvalue weighted by Gasteiger charge is 2.36. The zero-order valence-corrected chi connectivity index (χ0v) is 15.9. The molecule has 1 aromatic heterocycles. The first-order valence-corrected chi connectivity index (χ1v) is 9.02. The lowest BCUT2D eigenvalue weighted by Crippen LogP contribution is -2.52. The first kappa shape index (κ1) is 17.2. The summed E-state index contributed by atoms with van der Waals surface area (Å²) in [6.45, 7) is 17.0. The van der Waals surface area contributed by atoms with E-state index in [1.807, 2.05) is 13.0 Å². The van der Waals surface area contributed by atoms with Crippen LogP contribution in [0.25, 0.3) is 0 Å². The van der Waals surface area contributed by atoms with Crippen LogP contribution in [0.5, 0.6) is 0 Å². The van der Waals surface area contributed by atoms with E-state index in [4.69, 9.17) is 9.52 Å². The van der Waals surface area contributed by atoms with Gasteiger partial charge in [0.05, 0.1) is 11.7 Å². The number of hydrogen-bond donors (Lipinski definition) is 0. The highest BCUT2D eigenvalue weighted by atomic mass is 16.5. The minimum absolute atomic E-state index is 0.0736. The molecular weight excluding hydrogens is 300 g/mol. The third kappa shape index (κ3) is 3.27. The van der Waals surface area contributed by atoms with Crippen molar-refractivity contribution >= 4 is 5.84 Å². The van der Waals surface area contributed by atoms with Gasteiger partial charge in [0.1, 0.15) is 11.6 Å². The minimum atomic E-state index is 0.0736. The second kappa shape index (κ2) is 6.36. The molecule has 3 rings (SSSR count). The molecule has 0 saturated carbocycles. The molecule has 3 heterocycles. The van der Waals surface area contributed by atoms with Crippen LogP contribution in [0.15, 0.2) is 26.9 Å². The predicted molar refractivity (Wildman–Crippen MR) is 96.9 cm³/mol. The van der Waals surface area contributed by atoms with Crippen LogP contribution in [0.3, 0.4) is 0 Å². The molecule has 0 aromatic carbocycles. The number of aromatic nitrogens is 1. The summed E-state index contributed by atoms with van der Waals surface area (Å²) < 4.78 is 5.22. The third-order valence-corrected chi connectivity index (χ3v) is 4.90. The molecule has 24 heavy (non-hydrogen) atoms. The maximum atomic E-state index is 5.22. The van der Waals surface area contributed by atoms with Gasteiger partial charge < -0.3 is 9.42 Å². The molecule has 0 radical (unpaired) electrons. The normalized spacial score (nSPS) is 22.7. The number of hydrogen-bond acceptors (Lipinski definition) is 5. The molecule has 0 N–H and O–H groups in total. The molecule has 2 aliphatic heterocycles. The standard InChI is InChI=1S/C19H30N4O/c1-7-16-14(3)20-18(19(4,5)6)23-9-8-22(12-17(16)23)11-15-10-13(2)24-21-15/h10,14H,7-9,11-12H2,1-6H3/t14-/m0/s1. The molecule has 0 aliphatic carbocycles. The van der Waals surface area contributed by atoms with E-state index in [-0.39, 0.29) is 11.5 Å². The number of fused-ring (bicyclic) bond motifs is 1. The second-order valence-electron chi connectivity index (χ2n) is 8.00. The number of amidine groups is 1. The van der Waals surface area contributed by atoms with Gasteiger partial charge in [-0.15, -0.1) is 0 Å².